The Hall–Kier alpha value is -2.19. The molecule has 3 rings (SSSR count). The number of nitrogens with zero attached hydrogens (tertiary/aromatic N) is 1. The van der Waals surface area contributed by atoms with E-state index in [4.69, 9.17) is 19.3 Å². The Morgan fingerprint density at radius 1 is 1.43 bits per heavy atom. The highest BCUT2D eigenvalue weighted by Crippen LogP contribution is 2.45. The number of hydrogen-bond acceptors (Lipinski definition) is 6. The van der Waals surface area contributed by atoms with Gasteiger partial charge in [0.1, 0.15) is 5.75 Å². The van der Waals surface area contributed by atoms with Crippen molar-refractivity contribution >= 4 is 11.8 Å². The fourth-order valence-corrected chi connectivity index (χ4v) is 2.91. The summed E-state index contributed by atoms with van der Waals surface area (Å²) >= 11 is 0. The summed E-state index contributed by atoms with van der Waals surface area (Å²) in [5, 5.41) is 19.7. The van der Waals surface area contributed by atoms with E-state index < -0.39 is 11.1 Å². The van der Waals surface area contributed by atoms with Crippen molar-refractivity contribution in [3.63, 3.8) is 0 Å². The van der Waals surface area contributed by atoms with Crippen LogP contribution in [0.4, 0.5) is 10.5 Å². The lowest BCUT2D eigenvalue weighted by molar-refractivity contribution is -0.385. The van der Waals surface area contributed by atoms with Crippen molar-refractivity contribution in [1.29, 1.82) is 0 Å². The molecular weight excluding hydrogens is 282 g/mol. The zero-order chi connectivity index (χ0) is 15.0. The maximum absolute atomic E-state index is 10.9. The van der Waals surface area contributed by atoms with Crippen molar-refractivity contribution in [2.24, 2.45) is 5.92 Å². The van der Waals surface area contributed by atoms with E-state index in [9.17, 15) is 14.9 Å². The van der Waals surface area contributed by atoms with E-state index in [1.165, 1.54) is 18.2 Å². The van der Waals surface area contributed by atoms with Crippen LogP contribution in [0.15, 0.2) is 18.2 Å². The largest absolute Gasteiger partial charge is 0.511 e. The first kappa shape index (κ1) is 13.8. The van der Waals surface area contributed by atoms with Crippen molar-refractivity contribution in [1.82, 2.24) is 0 Å². The third-order valence-electron chi connectivity index (χ3n) is 3.84. The van der Waals surface area contributed by atoms with E-state index >= 15 is 0 Å². The summed E-state index contributed by atoms with van der Waals surface area (Å²) in [6, 6.07) is 3.89. The van der Waals surface area contributed by atoms with Gasteiger partial charge in [-0.3, -0.25) is 10.1 Å². The van der Waals surface area contributed by atoms with Gasteiger partial charge in [0, 0.05) is 29.5 Å². The summed E-state index contributed by atoms with van der Waals surface area (Å²) in [4.78, 5) is 21.2. The number of hydrogen-bond donors (Lipinski definition) is 1. The van der Waals surface area contributed by atoms with Crippen LogP contribution < -0.4 is 4.74 Å². The maximum atomic E-state index is 10.9. The number of nitro groups is 1. The third-order valence-corrected chi connectivity index (χ3v) is 3.84. The highest BCUT2D eigenvalue weighted by molar-refractivity contribution is 5.63. The SMILES string of the molecule is O=C(O)Oc1ccc([N+](=O)[O-])cc1C1CO[C@H]2OCCC12. The number of ether oxygens (including phenoxy) is 3. The first-order valence-corrected chi connectivity index (χ1v) is 6.48. The molecule has 0 aromatic heterocycles. The lowest BCUT2D eigenvalue weighted by atomic mass is 9.86. The van der Waals surface area contributed by atoms with Gasteiger partial charge in [-0.25, -0.2) is 4.79 Å². The predicted molar refractivity (Wildman–Crippen MR) is 68.3 cm³/mol. The highest BCUT2D eigenvalue weighted by atomic mass is 16.7. The van der Waals surface area contributed by atoms with Crippen molar-refractivity contribution < 1.29 is 29.0 Å². The minimum atomic E-state index is -1.46. The summed E-state index contributed by atoms with van der Waals surface area (Å²) in [6.45, 7) is 0.891. The summed E-state index contributed by atoms with van der Waals surface area (Å²) in [7, 11) is 0. The normalized spacial score (nSPS) is 27.3. The Kier molecular flexibility index (Phi) is 3.48. The van der Waals surface area contributed by atoms with E-state index in [2.05, 4.69) is 0 Å². The quantitative estimate of drug-likeness (QED) is 0.394. The van der Waals surface area contributed by atoms with Crippen LogP contribution in [-0.4, -0.2) is 35.7 Å². The summed E-state index contributed by atoms with van der Waals surface area (Å²) in [5.41, 5.74) is 0.370. The molecule has 0 amide bonds. The standard InChI is InChI=1S/C13H13NO7/c15-13(16)21-11-2-1-7(14(17)18)5-9(11)10-6-20-12-8(10)3-4-19-12/h1-2,5,8,10,12H,3-4,6H2,(H,15,16)/t8?,10?,12-/m1/s1. The third kappa shape index (κ3) is 2.55. The van der Waals surface area contributed by atoms with E-state index in [0.29, 0.717) is 18.8 Å². The lowest BCUT2D eigenvalue weighted by Crippen LogP contribution is -2.15. The van der Waals surface area contributed by atoms with Gasteiger partial charge in [0.2, 0.25) is 0 Å². The Morgan fingerprint density at radius 2 is 2.24 bits per heavy atom. The molecule has 2 aliphatic rings. The van der Waals surface area contributed by atoms with Gasteiger partial charge in [0.15, 0.2) is 6.29 Å². The summed E-state index contributed by atoms with van der Waals surface area (Å²) in [5.74, 6) is -0.0100. The molecule has 1 N–H and O–H groups in total. The molecule has 0 radical (unpaired) electrons. The van der Waals surface area contributed by atoms with Gasteiger partial charge in [0.05, 0.1) is 18.1 Å². The van der Waals surface area contributed by atoms with Gasteiger partial charge in [-0.15, -0.1) is 0 Å². The summed E-state index contributed by atoms with van der Waals surface area (Å²) in [6.07, 6.45) is -1.01. The van der Waals surface area contributed by atoms with Gasteiger partial charge in [-0.2, -0.15) is 0 Å². The number of fused-ring (bicyclic) bond motifs is 1. The minimum Gasteiger partial charge on any atom is -0.449 e. The molecular formula is C13H13NO7. The molecule has 2 aliphatic heterocycles. The molecule has 0 saturated carbocycles. The Bertz CT molecular complexity index is 588. The van der Waals surface area contributed by atoms with Crippen molar-refractivity contribution in [2.45, 2.75) is 18.6 Å². The van der Waals surface area contributed by atoms with E-state index in [1.54, 1.807) is 0 Å². The number of non-ortho nitro benzene ring substituents is 1. The molecule has 3 atom stereocenters. The molecule has 2 saturated heterocycles. The topological polar surface area (TPSA) is 108 Å². The van der Waals surface area contributed by atoms with Crippen LogP contribution in [0.3, 0.4) is 0 Å². The van der Waals surface area contributed by atoms with Crippen molar-refractivity contribution in [3.05, 3.63) is 33.9 Å². The van der Waals surface area contributed by atoms with E-state index in [0.717, 1.165) is 6.42 Å². The molecule has 2 unspecified atom stereocenters. The smallest absolute Gasteiger partial charge is 0.449 e. The first-order valence-electron chi connectivity index (χ1n) is 6.48. The predicted octanol–water partition coefficient (Wildman–Crippen LogP) is 2.13. The van der Waals surface area contributed by atoms with E-state index in [1.807, 2.05) is 0 Å². The zero-order valence-corrected chi connectivity index (χ0v) is 10.9. The van der Waals surface area contributed by atoms with Gasteiger partial charge in [-0.1, -0.05) is 0 Å². The number of rotatable bonds is 3. The first-order chi connectivity index (χ1) is 10.1. The van der Waals surface area contributed by atoms with Crippen LogP contribution in [-0.2, 0) is 9.47 Å². The lowest BCUT2D eigenvalue weighted by Gasteiger charge is -2.17. The Morgan fingerprint density at radius 3 is 2.95 bits per heavy atom. The van der Waals surface area contributed by atoms with Crippen LogP contribution in [0.2, 0.25) is 0 Å². The molecule has 0 aliphatic carbocycles. The monoisotopic (exact) mass is 295 g/mol. The molecule has 2 fully saturated rings. The minimum absolute atomic E-state index is 0.0585. The van der Waals surface area contributed by atoms with Gasteiger partial charge in [-0.05, 0) is 12.5 Å². The Balaban J connectivity index is 1.99. The fourth-order valence-electron chi connectivity index (χ4n) is 2.91. The van der Waals surface area contributed by atoms with Gasteiger partial charge >= 0.3 is 6.16 Å². The number of carboxylic acid groups (broad SMARTS) is 1. The molecule has 8 heteroatoms. The molecule has 1 aromatic carbocycles. The molecule has 1 aromatic rings. The van der Waals surface area contributed by atoms with Crippen LogP contribution in [0, 0.1) is 16.0 Å². The van der Waals surface area contributed by atoms with E-state index in [-0.39, 0.29) is 29.6 Å². The van der Waals surface area contributed by atoms with Crippen LogP contribution in [0.1, 0.15) is 17.9 Å². The zero-order valence-electron chi connectivity index (χ0n) is 10.9. The second-order valence-electron chi connectivity index (χ2n) is 4.98. The molecule has 8 nitrogen and oxygen atoms in total. The molecule has 0 spiro atoms. The van der Waals surface area contributed by atoms with Gasteiger partial charge in [0.25, 0.3) is 5.69 Å². The van der Waals surface area contributed by atoms with Crippen molar-refractivity contribution in [2.75, 3.05) is 13.2 Å². The number of carbonyl (C=O) groups is 1. The van der Waals surface area contributed by atoms with Gasteiger partial charge < -0.3 is 19.3 Å². The average Bonchev–Trinajstić information content (AvgIpc) is 3.01. The molecule has 112 valence electrons. The second kappa shape index (κ2) is 5.30. The summed E-state index contributed by atoms with van der Waals surface area (Å²) < 4.78 is 15.7. The number of benzene rings is 1. The Labute approximate surface area is 119 Å². The second-order valence-corrected chi connectivity index (χ2v) is 4.98. The average molecular weight is 295 g/mol. The van der Waals surface area contributed by atoms with Crippen molar-refractivity contribution in [3.8, 4) is 5.75 Å². The van der Waals surface area contributed by atoms with Crippen LogP contribution in [0.25, 0.3) is 0 Å². The molecule has 0 bridgehead atoms. The fraction of sp³-hybridized carbons (Fsp3) is 0.462. The highest BCUT2D eigenvalue weighted by Gasteiger charge is 2.43. The van der Waals surface area contributed by atoms with Crippen LogP contribution >= 0.6 is 0 Å². The molecule has 21 heavy (non-hydrogen) atoms. The number of nitro benzene ring substituents is 1. The molecule has 2 heterocycles. The maximum Gasteiger partial charge on any atom is 0.511 e. The van der Waals surface area contributed by atoms with Crippen LogP contribution in [0.5, 0.6) is 5.75 Å².